The third kappa shape index (κ3) is 5.48. The number of nitrogens with one attached hydrogen (secondary N) is 2. The number of imidazole rings is 1. The van der Waals surface area contributed by atoms with E-state index in [1.807, 2.05) is 6.07 Å². The number of amides is 1. The van der Waals surface area contributed by atoms with Crippen LogP contribution in [0, 0.1) is 17.6 Å². The second-order valence-corrected chi connectivity index (χ2v) is 11.9. The number of nitrogens with zero attached hydrogens (tertiary/aromatic N) is 4. The molecule has 4 atom stereocenters. The number of fused-ring (bicyclic) bond motifs is 1. The number of rotatable bonds is 7. The number of hydrogen-bond donors (Lipinski definition) is 3. The third-order valence-corrected chi connectivity index (χ3v) is 9.31. The third-order valence-electron chi connectivity index (χ3n) is 9.31. The second-order valence-electron chi connectivity index (χ2n) is 11.9. The lowest BCUT2D eigenvalue weighted by molar-refractivity contribution is -0.00914. The average Bonchev–Trinajstić information content (AvgIpc) is 3.67. The second kappa shape index (κ2) is 12.1. The van der Waals surface area contributed by atoms with Gasteiger partial charge in [-0.1, -0.05) is 19.8 Å². The van der Waals surface area contributed by atoms with E-state index in [-0.39, 0.29) is 35.2 Å². The van der Waals surface area contributed by atoms with Gasteiger partial charge in [-0.25, -0.2) is 18.6 Å². The molecule has 6 rings (SSSR count). The summed E-state index contributed by atoms with van der Waals surface area (Å²) in [5, 5.41) is 10.8. The monoisotopic (exact) mass is 605 g/mol. The van der Waals surface area contributed by atoms with E-state index in [9.17, 15) is 4.79 Å². The summed E-state index contributed by atoms with van der Waals surface area (Å²) in [7, 11) is 2.92. The van der Waals surface area contributed by atoms with Crippen molar-refractivity contribution < 1.29 is 23.0 Å². The predicted octanol–water partition coefficient (Wildman–Crippen LogP) is 5.79. The Balaban J connectivity index is 1.28. The summed E-state index contributed by atoms with van der Waals surface area (Å²) in [4.78, 5) is 20.6. The maximum atomic E-state index is 15.5. The minimum Gasteiger partial charge on any atom is -0.453 e. The molecule has 4 aromatic rings. The molecule has 12 heteroatoms. The molecular formula is C32H37F2N7O3. The largest absolute Gasteiger partial charge is 0.453 e. The summed E-state index contributed by atoms with van der Waals surface area (Å²) in [5.41, 5.74) is 8.66. The molecule has 2 aliphatic rings. The fraction of sp³-hybridized carbons (Fsp3) is 0.438. The molecule has 4 unspecified atom stereocenters. The van der Waals surface area contributed by atoms with Crippen molar-refractivity contribution in [1.82, 2.24) is 24.9 Å². The lowest BCUT2D eigenvalue weighted by atomic mass is 9.73. The van der Waals surface area contributed by atoms with Crippen LogP contribution in [0.1, 0.15) is 62.5 Å². The molecule has 44 heavy (non-hydrogen) atoms. The number of methoxy groups -OCH3 is 2. The Hall–Kier alpha value is -4.16. The Morgan fingerprint density at radius 3 is 2.52 bits per heavy atom. The number of benzene rings is 1. The van der Waals surface area contributed by atoms with Crippen LogP contribution < -0.4 is 16.4 Å². The van der Waals surface area contributed by atoms with E-state index in [2.05, 4.69) is 32.6 Å². The highest BCUT2D eigenvalue weighted by Gasteiger charge is 2.38. The quantitative estimate of drug-likeness (QED) is 0.241. The van der Waals surface area contributed by atoms with Crippen LogP contribution in [-0.2, 0) is 15.1 Å². The molecule has 0 aliphatic heterocycles. The SMILES string of the molecule is COC(=O)NC1C(C)CC(c2ccncc2Nc2ncc3ccc(-c4c(F)cc(C5(OC)CCCC5)cc4F)nn23)CC1N. The van der Waals surface area contributed by atoms with Gasteiger partial charge in [0.2, 0.25) is 5.95 Å². The number of anilines is 2. The van der Waals surface area contributed by atoms with Gasteiger partial charge >= 0.3 is 6.09 Å². The Labute approximate surface area is 254 Å². The Morgan fingerprint density at radius 1 is 1.09 bits per heavy atom. The number of carbonyl (C=O) groups is 1. The Bertz CT molecular complexity index is 1640. The normalized spacial score (nSPS) is 23.0. The van der Waals surface area contributed by atoms with Crippen molar-refractivity contribution in [2.45, 2.75) is 69.1 Å². The van der Waals surface area contributed by atoms with Gasteiger partial charge < -0.3 is 25.8 Å². The van der Waals surface area contributed by atoms with Crippen molar-refractivity contribution >= 4 is 23.2 Å². The number of carbonyl (C=O) groups excluding carboxylic acids is 1. The minimum atomic E-state index is -0.693. The molecule has 0 saturated heterocycles. The Kier molecular flexibility index (Phi) is 8.21. The molecule has 1 amide bonds. The lowest BCUT2D eigenvalue weighted by Crippen LogP contribution is -2.54. The van der Waals surface area contributed by atoms with Gasteiger partial charge in [0.05, 0.1) is 47.6 Å². The first kappa shape index (κ1) is 29.9. The Morgan fingerprint density at radius 2 is 1.84 bits per heavy atom. The molecule has 2 aliphatic carbocycles. The van der Waals surface area contributed by atoms with E-state index in [0.29, 0.717) is 23.4 Å². The molecule has 1 aromatic carbocycles. The van der Waals surface area contributed by atoms with Crippen LogP contribution in [0.3, 0.4) is 0 Å². The molecule has 0 bridgehead atoms. The van der Waals surface area contributed by atoms with E-state index in [0.717, 1.165) is 43.4 Å². The summed E-state index contributed by atoms with van der Waals surface area (Å²) in [6.07, 6.45) is 9.35. The van der Waals surface area contributed by atoms with Gasteiger partial charge in [0.15, 0.2) is 0 Å². The maximum Gasteiger partial charge on any atom is 0.407 e. The van der Waals surface area contributed by atoms with Crippen molar-refractivity contribution in [3.05, 3.63) is 71.7 Å². The van der Waals surface area contributed by atoms with Gasteiger partial charge in [0.1, 0.15) is 11.6 Å². The van der Waals surface area contributed by atoms with Gasteiger partial charge in [0, 0.05) is 25.4 Å². The van der Waals surface area contributed by atoms with Crippen LogP contribution in [0.5, 0.6) is 0 Å². The van der Waals surface area contributed by atoms with Crippen molar-refractivity contribution in [1.29, 1.82) is 0 Å². The molecule has 10 nitrogen and oxygen atoms in total. The average molecular weight is 606 g/mol. The molecule has 3 heterocycles. The number of hydrogen-bond acceptors (Lipinski definition) is 8. The summed E-state index contributed by atoms with van der Waals surface area (Å²) < 4.78 is 43.1. The van der Waals surface area contributed by atoms with Crippen molar-refractivity contribution in [2.75, 3.05) is 19.5 Å². The van der Waals surface area contributed by atoms with Gasteiger partial charge in [-0.15, -0.1) is 0 Å². The standard InChI is InChI=1S/C32H37F2N7O3/c1-18-12-19(13-25(35)29(18)39-31(42)43-2)22-8-11-36-17-27(22)38-30-37-16-21-6-7-26(40-41(21)30)28-23(33)14-20(15-24(28)34)32(44-3)9-4-5-10-32/h6-8,11,14-19,25,29H,4-5,9-10,12-13,35H2,1-3H3,(H,37,38)(H,39,42). The predicted molar refractivity (Wildman–Crippen MR) is 161 cm³/mol. The molecule has 2 saturated carbocycles. The summed E-state index contributed by atoms with van der Waals surface area (Å²) in [5.74, 6) is -0.822. The van der Waals surface area contributed by atoms with E-state index in [1.54, 1.807) is 37.8 Å². The topological polar surface area (TPSA) is 129 Å². The van der Waals surface area contributed by atoms with E-state index in [1.165, 1.54) is 23.8 Å². The number of aromatic nitrogens is 4. The first-order valence-corrected chi connectivity index (χ1v) is 14.9. The number of halogens is 2. The van der Waals surface area contributed by atoms with Crippen molar-refractivity contribution in [3.63, 3.8) is 0 Å². The van der Waals surface area contributed by atoms with Gasteiger partial charge in [0.25, 0.3) is 0 Å². The zero-order valence-corrected chi connectivity index (χ0v) is 25.0. The van der Waals surface area contributed by atoms with Gasteiger partial charge in [-0.3, -0.25) is 4.98 Å². The molecule has 232 valence electrons. The van der Waals surface area contributed by atoms with E-state index in [4.69, 9.17) is 15.2 Å². The van der Waals surface area contributed by atoms with Crippen LogP contribution in [0.15, 0.2) is 48.9 Å². The van der Waals surface area contributed by atoms with Crippen LogP contribution in [0.25, 0.3) is 16.8 Å². The first-order chi connectivity index (χ1) is 21.2. The zero-order valence-electron chi connectivity index (χ0n) is 25.0. The van der Waals surface area contributed by atoms with E-state index < -0.39 is 23.3 Å². The highest BCUT2D eigenvalue weighted by Crippen LogP contribution is 2.43. The number of ether oxygens (including phenoxy) is 2. The van der Waals surface area contributed by atoms with Crippen LogP contribution in [0.2, 0.25) is 0 Å². The highest BCUT2D eigenvalue weighted by molar-refractivity contribution is 5.68. The summed E-state index contributed by atoms with van der Waals surface area (Å²) >= 11 is 0. The van der Waals surface area contributed by atoms with Crippen LogP contribution in [0.4, 0.5) is 25.2 Å². The molecule has 3 aromatic heterocycles. The molecule has 0 spiro atoms. The van der Waals surface area contributed by atoms with Crippen molar-refractivity contribution in [2.24, 2.45) is 11.7 Å². The number of nitrogens with two attached hydrogens (primary N) is 1. The van der Waals surface area contributed by atoms with Crippen LogP contribution >= 0.6 is 0 Å². The minimum absolute atomic E-state index is 0.0907. The van der Waals surface area contributed by atoms with E-state index >= 15 is 8.78 Å². The fourth-order valence-corrected chi connectivity index (χ4v) is 7.01. The molecule has 0 radical (unpaired) electrons. The number of alkyl carbamates (subject to hydrolysis) is 1. The smallest absolute Gasteiger partial charge is 0.407 e. The number of pyridine rings is 1. The maximum absolute atomic E-state index is 15.5. The fourth-order valence-electron chi connectivity index (χ4n) is 7.01. The molecular weight excluding hydrogens is 568 g/mol. The summed E-state index contributed by atoms with van der Waals surface area (Å²) in [6.45, 7) is 2.06. The van der Waals surface area contributed by atoms with Gasteiger partial charge in [-0.05, 0) is 79.0 Å². The van der Waals surface area contributed by atoms with Crippen molar-refractivity contribution in [3.8, 4) is 11.3 Å². The zero-order chi connectivity index (χ0) is 31.0. The lowest BCUT2D eigenvalue weighted by Gasteiger charge is -2.39. The molecule has 4 N–H and O–H groups in total. The van der Waals surface area contributed by atoms with Gasteiger partial charge in [-0.2, -0.15) is 9.61 Å². The van der Waals surface area contributed by atoms with Crippen LogP contribution in [-0.4, -0.2) is 52.0 Å². The summed E-state index contributed by atoms with van der Waals surface area (Å²) in [6, 6.07) is 7.51. The molecule has 2 fully saturated rings. The first-order valence-electron chi connectivity index (χ1n) is 14.9. The highest BCUT2D eigenvalue weighted by atomic mass is 19.1.